The maximum absolute atomic E-state index is 4.41. The number of benzene rings is 3. The Kier molecular flexibility index (Phi) is 4.41. The lowest BCUT2D eigenvalue weighted by atomic mass is 10.4. The molecule has 0 spiro atoms. The van der Waals surface area contributed by atoms with Crippen molar-refractivity contribution in [3.05, 3.63) is 104 Å². The van der Waals surface area contributed by atoms with Crippen LogP contribution in [-0.2, 0) is 6.29 Å². The maximum Gasteiger partial charge on any atom is 0.166 e. The number of hydrogen-bond acceptors (Lipinski definition) is 2. The Morgan fingerprint density at radius 2 is 1.08 bits per heavy atom. The van der Waals surface area contributed by atoms with E-state index in [1.165, 1.54) is 15.9 Å². The van der Waals surface area contributed by atoms with Gasteiger partial charge in [-0.25, -0.2) is 9.67 Å². The summed E-state index contributed by atoms with van der Waals surface area (Å²) in [4.78, 5) is 4.16. The lowest BCUT2D eigenvalue weighted by molar-refractivity contribution is 0.742. The SMILES string of the molecule is c1ccc([P+](Cn2cncn2)(c2ccccc2)c2ccccc2)cc1. The molecular weight excluding hydrogens is 325 g/mol. The first-order valence-corrected chi connectivity index (χ1v) is 10.2. The first-order chi connectivity index (χ1) is 12.4. The topological polar surface area (TPSA) is 30.7 Å². The molecule has 4 rings (SSSR count). The second kappa shape index (κ2) is 7.00. The van der Waals surface area contributed by atoms with Crippen LogP contribution in [-0.4, -0.2) is 14.8 Å². The zero-order chi connectivity index (χ0) is 17.0. The Labute approximate surface area is 148 Å². The fourth-order valence-electron chi connectivity index (χ4n) is 3.26. The highest BCUT2D eigenvalue weighted by Crippen LogP contribution is 2.56. The van der Waals surface area contributed by atoms with Gasteiger partial charge in [-0.3, -0.25) is 0 Å². The molecule has 1 aromatic heterocycles. The number of nitrogens with zero attached hydrogens (tertiary/aromatic N) is 3. The Balaban J connectivity index is 2.01. The molecule has 4 heteroatoms. The van der Waals surface area contributed by atoms with Crippen LogP contribution < -0.4 is 15.9 Å². The summed E-state index contributed by atoms with van der Waals surface area (Å²) in [5.41, 5.74) is 0. The van der Waals surface area contributed by atoms with Crippen LogP contribution in [0, 0.1) is 0 Å². The molecule has 0 atom stereocenters. The molecule has 122 valence electrons. The zero-order valence-corrected chi connectivity index (χ0v) is 14.7. The maximum atomic E-state index is 4.41. The molecule has 0 aliphatic carbocycles. The van der Waals surface area contributed by atoms with Crippen molar-refractivity contribution in [1.29, 1.82) is 0 Å². The van der Waals surface area contributed by atoms with Gasteiger partial charge in [-0.2, -0.15) is 5.10 Å². The van der Waals surface area contributed by atoms with Crippen molar-refractivity contribution in [3.63, 3.8) is 0 Å². The van der Waals surface area contributed by atoms with E-state index in [0.29, 0.717) is 0 Å². The van der Waals surface area contributed by atoms with Gasteiger partial charge in [0.15, 0.2) is 6.29 Å². The Morgan fingerprint density at radius 3 is 1.44 bits per heavy atom. The van der Waals surface area contributed by atoms with E-state index in [-0.39, 0.29) is 0 Å². The Hall–Kier alpha value is -2.77. The minimum atomic E-state index is -1.88. The van der Waals surface area contributed by atoms with Crippen molar-refractivity contribution in [2.45, 2.75) is 6.29 Å². The quantitative estimate of drug-likeness (QED) is 0.521. The van der Waals surface area contributed by atoms with Crippen LogP contribution in [0.5, 0.6) is 0 Å². The van der Waals surface area contributed by atoms with E-state index in [1.54, 1.807) is 6.33 Å². The van der Waals surface area contributed by atoms with E-state index < -0.39 is 7.26 Å². The Morgan fingerprint density at radius 1 is 0.640 bits per heavy atom. The van der Waals surface area contributed by atoms with E-state index in [0.717, 1.165) is 6.29 Å². The van der Waals surface area contributed by atoms with Crippen LogP contribution in [0.15, 0.2) is 104 Å². The molecule has 0 fully saturated rings. The van der Waals surface area contributed by atoms with Crippen LogP contribution in [0.1, 0.15) is 0 Å². The fourth-order valence-corrected chi connectivity index (χ4v) is 7.27. The van der Waals surface area contributed by atoms with Crippen molar-refractivity contribution in [2.75, 3.05) is 0 Å². The molecule has 1 heterocycles. The third-order valence-corrected chi connectivity index (χ3v) is 8.67. The lowest BCUT2D eigenvalue weighted by Gasteiger charge is -2.27. The van der Waals surface area contributed by atoms with Gasteiger partial charge in [0.25, 0.3) is 0 Å². The normalized spacial score (nSPS) is 11.4. The monoisotopic (exact) mass is 344 g/mol. The van der Waals surface area contributed by atoms with Gasteiger partial charge in [0, 0.05) is 0 Å². The van der Waals surface area contributed by atoms with E-state index in [2.05, 4.69) is 101 Å². The van der Waals surface area contributed by atoms with Crippen LogP contribution in [0.4, 0.5) is 0 Å². The predicted molar refractivity (Wildman–Crippen MR) is 105 cm³/mol. The minimum Gasteiger partial charge on any atom is -0.223 e. The summed E-state index contributed by atoms with van der Waals surface area (Å²) in [6.45, 7) is 0. The number of aromatic nitrogens is 3. The fraction of sp³-hybridized carbons (Fsp3) is 0.0476. The van der Waals surface area contributed by atoms with Gasteiger partial charge in [-0.05, 0) is 36.4 Å². The van der Waals surface area contributed by atoms with Gasteiger partial charge in [-0.1, -0.05) is 54.6 Å². The molecule has 0 saturated heterocycles. The van der Waals surface area contributed by atoms with Crippen molar-refractivity contribution in [2.24, 2.45) is 0 Å². The van der Waals surface area contributed by atoms with Gasteiger partial charge >= 0.3 is 0 Å². The molecule has 0 bridgehead atoms. The average molecular weight is 344 g/mol. The molecule has 0 radical (unpaired) electrons. The molecule has 0 N–H and O–H groups in total. The predicted octanol–water partition coefficient (Wildman–Crippen LogP) is 3.23. The summed E-state index contributed by atoms with van der Waals surface area (Å²) in [5, 5.41) is 8.46. The van der Waals surface area contributed by atoms with Crippen molar-refractivity contribution in [1.82, 2.24) is 14.8 Å². The molecule has 0 aliphatic heterocycles. The van der Waals surface area contributed by atoms with Crippen LogP contribution in [0.2, 0.25) is 0 Å². The lowest BCUT2D eigenvalue weighted by Crippen LogP contribution is -2.34. The highest BCUT2D eigenvalue weighted by Gasteiger charge is 2.46. The highest BCUT2D eigenvalue weighted by molar-refractivity contribution is 7.94. The zero-order valence-electron chi connectivity index (χ0n) is 13.8. The highest BCUT2D eigenvalue weighted by atomic mass is 31.2. The summed E-state index contributed by atoms with van der Waals surface area (Å²) >= 11 is 0. The first-order valence-electron chi connectivity index (χ1n) is 8.27. The van der Waals surface area contributed by atoms with Gasteiger partial charge in [0.1, 0.15) is 35.8 Å². The summed E-state index contributed by atoms with van der Waals surface area (Å²) < 4.78 is 1.96. The second-order valence-electron chi connectivity index (χ2n) is 5.89. The van der Waals surface area contributed by atoms with Gasteiger partial charge < -0.3 is 0 Å². The number of hydrogen-bond donors (Lipinski definition) is 0. The third-order valence-electron chi connectivity index (χ3n) is 4.41. The first kappa shape index (κ1) is 15.7. The molecule has 0 aliphatic rings. The molecule has 4 aromatic rings. The average Bonchev–Trinajstić information content (AvgIpc) is 3.21. The minimum absolute atomic E-state index is 0.797. The summed E-state index contributed by atoms with van der Waals surface area (Å²) in [7, 11) is -1.88. The molecule has 3 nitrogen and oxygen atoms in total. The van der Waals surface area contributed by atoms with Crippen molar-refractivity contribution >= 4 is 23.2 Å². The Bertz CT molecular complexity index is 811. The molecule has 25 heavy (non-hydrogen) atoms. The largest absolute Gasteiger partial charge is 0.223 e. The van der Waals surface area contributed by atoms with E-state index >= 15 is 0 Å². The second-order valence-corrected chi connectivity index (χ2v) is 9.34. The summed E-state index contributed by atoms with van der Waals surface area (Å²) in [5.74, 6) is 0. The van der Waals surface area contributed by atoms with Crippen LogP contribution in [0.25, 0.3) is 0 Å². The smallest absolute Gasteiger partial charge is 0.166 e. The van der Waals surface area contributed by atoms with E-state index in [4.69, 9.17) is 0 Å². The van der Waals surface area contributed by atoms with E-state index in [9.17, 15) is 0 Å². The summed E-state index contributed by atoms with van der Waals surface area (Å²) in [6.07, 6.45) is 4.21. The van der Waals surface area contributed by atoms with Crippen LogP contribution in [0.3, 0.4) is 0 Å². The van der Waals surface area contributed by atoms with Gasteiger partial charge in [0.05, 0.1) is 0 Å². The van der Waals surface area contributed by atoms with Crippen LogP contribution >= 0.6 is 7.26 Å². The molecule has 3 aromatic carbocycles. The standard InChI is InChI=1S/C21H19N3P/c1-4-10-19(11-5-1)25(18-24-17-22-16-23-24,20-12-6-2-7-13-20)21-14-8-3-9-15-21/h1-17H,18H2/q+1. The van der Waals surface area contributed by atoms with Gasteiger partial charge in [-0.15, -0.1) is 0 Å². The van der Waals surface area contributed by atoms with Gasteiger partial charge in [0.2, 0.25) is 0 Å². The molecular formula is C21H19N3P+. The molecule has 0 unspecified atom stereocenters. The van der Waals surface area contributed by atoms with E-state index in [1.807, 2.05) is 11.0 Å². The molecule has 0 amide bonds. The van der Waals surface area contributed by atoms with Crippen molar-refractivity contribution < 1.29 is 0 Å². The number of rotatable bonds is 5. The van der Waals surface area contributed by atoms with Crippen molar-refractivity contribution in [3.8, 4) is 0 Å². The third kappa shape index (κ3) is 2.99. The summed E-state index contributed by atoms with van der Waals surface area (Å²) in [6, 6.07) is 32.4. The molecule has 0 saturated carbocycles.